The predicted molar refractivity (Wildman–Crippen MR) is 149 cm³/mol. The molecule has 11 heteroatoms. The third-order valence-electron chi connectivity index (χ3n) is 8.39. The lowest BCUT2D eigenvalue weighted by Crippen LogP contribution is -2.42. The normalized spacial score (nSPS) is 20.0. The minimum atomic E-state index is -4.43. The molecule has 8 nitrogen and oxygen atoms in total. The van der Waals surface area contributed by atoms with E-state index in [0.717, 1.165) is 37.4 Å². The quantitative estimate of drug-likeness (QED) is 0.213. The van der Waals surface area contributed by atoms with Crippen molar-refractivity contribution in [3.8, 4) is 11.9 Å². The summed E-state index contributed by atoms with van der Waals surface area (Å²) in [6.07, 6.45) is 2.96. The number of carbonyl (C=O) groups excluding carboxylic acids is 1. The number of halogens is 3. The molecule has 3 heterocycles. The Kier molecular flexibility index (Phi) is 7.62. The minimum Gasteiger partial charge on any atom is -0.425 e. The maximum Gasteiger partial charge on any atom is 0.416 e. The predicted octanol–water partition coefficient (Wildman–Crippen LogP) is 5.96. The van der Waals surface area contributed by atoms with E-state index < -0.39 is 11.7 Å². The van der Waals surface area contributed by atoms with Crippen LogP contribution in [0.5, 0.6) is 5.75 Å². The van der Waals surface area contributed by atoms with Crippen LogP contribution in [0.25, 0.3) is 0 Å². The molecule has 42 heavy (non-hydrogen) atoms. The van der Waals surface area contributed by atoms with Gasteiger partial charge in [-0.05, 0) is 55.9 Å². The van der Waals surface area contributed by atoms with Crippen LogP contribution in [0.15, 0.2) is 65.8 Å². The van der Waals surface area contributed by atoms with Gasteiger partial charge in [0.15, 0.2) is 0 Å². The number of hydrogen-bond acceptors (Lipinski definition) is 5. The Labute approximate surface area is 242 Å². The Morgan fingerprint density at radius 1 is 0.929 bits per heavy atom. The molecule has 0 bridgehead atoms. The van der Waals surface area contributed by atoms with Crippen LogP contribution in [-0.4, -0.2) is 57.7 Å². The molecule has 2 aliphatic heterocycles. The van der Waals surface area contributed by atoms with Crippen LogP contribution in [0.1, 0.15) is 77.2 Å². The molecule has 0 radical (unpaired) electrons. The molecule has 1 saturated carbocycles. The largest absolute Gasteiger partial charge is 0.425 e. The molecule has 1 atom stereocenters. The average Bonchev–Trinajstić information content (AvgIpc) is 3.54. The van der Waals surface area contributed by atoms with Gasteiger partial charge in [0.2, 0.25) is 6.19 Å². The highest BCUT2D eigenvalue weighted by Gasteiger charge is 2.40. The van der Waals surface area contributed by atoms with Gasteiger partial charge in [0.25, 0.3) is 5.91 Å². The minimum absolute atomic E-state index is 0.0726. The molecule has 0 spiro atoms. The van der Waals surface area contributed by atoms with Crippen LogP contribution in [0.4, 0.5) is 13.2 Å². The Bertz CT molecular complexity index is 1500. The van der Waals surface area contributed by atoms with Crippen molar-refractivity contribution in [2.24, 2.45) is 4.99 Å². The van der Waals surface area contributed by atoms with Crippen LogP contribution >= 0.6 is 0 Å². The lowest BCUT2D eigenvalue weighted by Gasteiger charge is -2.33. The van der Waals surface area contributed by atoms with Crippen molar-refractivity contribution >= 4 is 11.9 Å². The van der Waals surface area contributed by atoms with Gasteiger partial charge >= 0.3 is 12.2 Å². The van der Waals surface area contributed by atoms with Gasteiger partial charge in [0.05, 0.1) is 29.1 Å². The van der Waals surface area contributed by atoms with Crippen LogP contribution in [0, 0.1) is 11.5 Å². The molecular weight excluding hydrogens is 545 g/mol. The first kappa shape index (κ1) is 27.8. The van der Waals surface area contributed by atoms with E-state index in [-0.39, 0.29) is 41.9 Å². The molecule has 0 N–H and O–H groups in total. The number of piperidine rings is 1. The third kappa shape index (κ3) is 5.71. The molecule has 0 unspecified atom stereocenters. The lowest BCUT2D eigenvalue weighted by molar-refractivity contribution is -0.138. The van der Waals surface area contributed by atoms with Crippen LogP contribution in [0.3, 0.4) is 0 Å². The number of aliphatic imine (C=N–C) groups is 1. The number of hydrogen-bond donors (Lipinski definition) is 0. The number of benzene rings is 2. The zero-order chi connectivity index (χ0) is 29.3. The highest BCUT2D eigenvalue weighted by Crippen LogP contribution is 2.44. The van der Waals surface area contributed by atoms with Crippen molar-refractivity contribution in [2.45, 2.75) is 56.2 Å². The molecule has 6 rings (SSSR count). The molecule has 3 fully saturated rings. The summed E-state index contributed by atoms with van der Waals surface area (Å²) in [5, 5.41) is 13.9. The highest BCUT2D eigenvalue weighted by atomic mass is 19.4. The molecule has 218 valence electrons. The van der Waals surface area contributed by atoms with Crippen LogP contribution in [0.2, 0.25) is 0 Å². The number of ether oxygens (including phenoxy) is 1. The van der Waals surface area contributed by atoms with Crippen molar-refractivity contribution < 1.29 is 22.7 Å². The number of nitriles is 1. The molecular formula is C31H31F3N6O2. The summed E-state index contributed by atoms with van der Waals surface area (Å²) in [4.78, 5) is 21.3. The lowest BCUT2D eigenvalue weighted by atomic mass is 9.93. The maximum absolute atomic E-state index is 13.7. The molecule has 3 aliphatic rings. The number of amidine groups is 1. The van der Waals surface area contributed by atoms with E-state index in [1.54, 1.807) is 17.2 Å². The smallest absolute Gasteiger partial charge is 0.416 e. The van der Waals surface area contributed by atoms with Crippen LogP contribution in [-0.2, 0) is 6.18 Å². The molecule has 1 aliphatic carbocycles. The summed E-state index contributed by atoms with van der Waals surface area (Å²) in [5.74, 6) is 0.335. The number of para-hydroxylation sites is 1. The standard InChI is InChI=1S/C31H31F3N6O2/c32-31(33,34)27-9-5-4-8-25(27)22-12-15-39(19-22)29(41)26-18-37-40(28(26)21-10-11-21)23-13-16-38(17-14-23)30(36-20-35)42-24-6-2-1-3-7-24/h1-9,18,21-23H,10-17,19H2/t22-/m1/s1. The van der Waals surface area contributed by atoms with E-state index in [1.807, 2.05) is 46.1 Å². The van der Waals surface area contributed by atoms with E-state index in [0.29, 0.717) is 37.4 Å². The summed E-state index contributed by atoms with van der Waals surface area (Å²) in [7, 11) is 0. The van der Waals surface area contributed by atoms with E-state index in [9.17, 15) is 23.2 Å². The van der Waals surface area contributed by atoms with E-state index in [4.69, 9.17) is 4.74 Å². The van der Waals surface area contributed by atoms with Crippen LogP contribution < -0.4 is 4.74 Å². The Morgan fingerprint density at radius 3 is 2.31 bits per heavy atom. The second kappa shape index (κ2) is 11.5. The van der Waals surface area contributed by atoms with Gasteiger partial charge in [-0.15, -0.1) is 4.99 Å². The van der Waals surface area contributed by atoms with Gasteiger partial charge in [0.1, 0.15) is 5.75 Å². The molecule has 1 aromatic heterocycles. The van der Waals surface area contributed by atoms with Gasteiger partial charge in [-0.25, -0.2) is 0 Å². The Balaban J connectivity index is 1.15. The number of carbonyl (C=O) groups is 1. The number of amides is 1. The first-order chi connectivity index (χ1) is 20.3. The number of nitrogens with zero attached hydrogens (tertiary/aromatic N) is 6. The topological polar surface area (TPSA) is 86.7 Å². The van der Waals surface area contributed by atoms with Gasteiger partial charge in [0, 0.05) is 38.0 Å². The summed E-state index contributed by atoms with van der Waals surface area (Å²) < 4.78 is 48.8. The first-order valence-corrected chi connectivity index (χ1v) is 14.3. The van der Waals surface area contributed by atoms with Crippen molar-refractivity contribution in [1.29, 1.82) is 5.26 Å². The second-order valence-electron chi connectivity index (χ2n) is 11.1. The fraction of sp³-hybridized carbons (Fsp3) is 0.419. The zero-order valence-electron chi connectivity index (χ0n) is 23.0. The number of rotatable bonds is 5. The van der Waals surface area contributed by atoms with Gasteiger partial charge in [-0.1, -0.05) is 36.4 Å². The molecule has 1 amide bonds. The number of likely N-dealkylation sites (tertiary alicyclic amines) is 2. The van der Waals surface area contributed by atoms with E-state index in [1.165, 1.54) is 12.1 Å². The summed E-state index contributed by atoms with van der Waals surface area (Å²) in [5.41, 5.74) is 1.12. The SMILES string of the molecule is N#CN=C(Oc1ccccc1)N1CCC(n2ncc(C(=O)N3CC[C@@H](c4ccccc4C(F)(F)F)C3)c2C2CC2)CC1. The average molecular weight is 577 g/mol. The van der Waals surface area contributed by atoms with Gasteiger partial charge in [-0.2, -0.15) is 23.5 Å². The van der Waals surface area contributed by atoms with Crippen molar-refractivity contribution in [1.82, 2.24) is 19.6 Å². The van der Waals surface area contributed by atoms with Gasteiger partial charge < -0.3 is 14.5 Å². The Hall–Kier alpha value is -4.33. The van der Waals surface area contributed by atoms with Crippen molar-refractivity contribution in [3.05, 3.63) is 83.2 Å². The first-order valence-electron chi connectivity index (χ1n) is 14.3. The van der Waals surface area contributed by atoms with Crippen molar-refractivity contribution in [2.75, 3.05) is 26.2 Å². The maximum atomic E-state index is 13.7. The van der Waals surface area contributed by atoms with Crippen molar-refractivity contribution in [3.63, 3.8) is 0 Å². The monoisotopic (exact) mass is 576 g/mol. The van der Waals surface area contributed by atoms with Gasteiger partial charge in [-0.3, -0.25) is 9.48 Å². The number of alkyl halides is 3. The molecule has 2 saturated heterocycles. The highest BCUT2D eigenvalue weighted by molar-refractivity contribution is 5.95. The summed E-state index contributed by atoms with van der Waals surface area (Å²) in [6.45, 7) is 1.88. The second-order valence-corrected chi connectivity index (χ2v) is 11.1. The summed E-state index contributed by atoms with van der Waals surface area (Å²) in [6, 6.07) is 15.2. The molecule has 2 aromatic carbocycles. The fourth-order valence-electron chi connectivity index (χ4n) is 6.17. The third-order valence-corrected chi connectivity index (χ3v) is 8.39. The molecule has 3 aromatic rings. The van der Waals surface area contributed by atoms with E-state index in [2.05, 4.69) is 10.1 Å². The fourth-order valence-corrected chi connectivity index (χ4v) is 6.17. The van der Waals surface area contributed by atoms with E-state index >= 15 is 0 Å². The Morgan fingerprint density at radius 2 is 1.62 bits per heavy atom. The summed E-state index contributed by atoms with van der Waals surface area (Å²) >= 11 is 0. The number of aromatic nitrogens is 2. The zero-order valence-corrected chi connectivity index (χ0v) is 23.0.